The quantitative estimate of drug-likeness (QED) is 0.483. The average Bonchev–Trinajstić information content (AvgIpc) is 2.90. The summed E-state index contributed by atoms with van der Waals surface area (Å²) < 4.78 is 29.3. The number of nitrogens with zero attached hydrogens (tertiary/aromatic N) is 2. The maximum atomic E-state index is 13.4. The van der Waals surface area contributed by atoms with Gasteiger partial charge in [0, 0.05) is 12.1 Å². The molecule has 1 amide bonds. The summed E-state index contributed by atoms with van der Waals surface area (Å²) in [5.41, 5.74) is 1.07. The molecule has 0 aromatic heterocycles. The highest BCUT2D eigenvalue weighted by Crippen LogP contribution is 2.45. The second kappa shape index (κ2) is 8.74. The molecule has 2 aromatic rings. The van der Waals surface area contributed by atoms with Gasteiger partial charge >= 0.3 is 16.3 Å². The van der Waals surface area contributed by atoms with Gasteiger partial charge in [0.05, 0.1) is 23.2 Å². The van der Waals surface area contributed by atoms with Gasteiger partial charge in [0.15, 0.2) is 0 Å². The molecule has 0 radical (unpaired) electrons. The van der Waals surface area contributed by atoms with Crippen LogP contribution in [0.3, 0.4) is 0 Å². The first-order valence-corrected chi connectivity index (χ1v) is 11.3. The van der Waals surface area contributed by atoms with E-state index in [4.69, 9.17) is 5.11 Å². The summed E-state index contributed by atoms with van der Waals surface area (Å²) in [6.07, 6.45) is -3.37. The van der Waals surface area contributed by atoms with E-state index in [-0.39, 0.29) is 13.0 Å². The van der Waals surface area contributed by atoms with E-state index in [1.54, 1.807) is 48.5 Å². The van der Waals surface area contributed by atoms with Crippen molar-refractivity contribution in [3.63, 3.8) is 0 Å². The Morgan fingerprint density at radius 3 is 2.19 bits per heavy atom. The zero-order chi connectivity index (χ0) is 22.8. The summed E-state index contributed by atoms with van der Waals surface area (Å²) in [4.78, 5) is 11.2. The highest BCUT2D eigenvalue weighted by molar-refractivity contribution is 7.95. The lowest BCUT2D eigenvalue weighted by molar-refractivity contribution is 0.0866. The minimum absolute atomic E-state index is 0.0181. The minimum Gasteiger partial charge on any atom is -0.465 e. The van der Waals surface area contributed by atoms with Crippen LogP contribution in [0.2, 0.25) is 0 Å². The molecule has 0 saturated carbocycles. The second-order valence-corrected chi connectivity index (χ2v) is 10.0. The zero-order valence-corrected chi connectivity index (χ0v) is 18.5. The first-order valence-electron chi connectivity index (χ1n) is 9.93. The maximum absolute atomic E-state index is 13.4. The standard InChI is InChI=1S/C21H28N4O5S/c1-21(2,3)23-19(22-20(27)28)18(26)13-14-24-16-11-7-8-12-17(16)25(31(24,29)30)15-9-5-4-6-10-15/h4-12,18-19,22-23,26H,13-14H2,1-3H3,(H,27,28). The van der Waals surface area contributed by atoms with Gasteiger partial charge in [0.1, 0.15) is 6.17 Å². The van der Waals surface area contributed by atoms with Crippen molar-refractivity contribution in [1.82, 2.24) is 10.6 Å². The van der Waals surface area contributed by atoms with Crippen molar-refractivity contribution in [2.75, 3.05) is 15.2 Å². The third kappa shape index (κ3) is 5.09. The SMILES string of the molecule is CC(C)(C)NC(NC(=O)O)C(O)CCN1c2ccccc2N(c2ccccc2)S1(=O)=O. The molecule has 4 N–H and O–H groups in total. The van der Waals surface area contributed by atoms with Crippen molar-refractivity contribution in [3.05, 3.63) is 54.6 Å². The number of aliphatic hydroxyl groups is 1. The highest BCUT2D eigenvalue weighted by atomic mass is 32.2. The third-order valence-electron chi connectivity index (χ3n) is 4.75. The van der Waals surface area contributed by atoms with Crippen molar-refractivity contribution in [2.24, 2.45) is 0 Å². The Kier molecular flexibility index (Phi) is 6.44. The maximum Gasteiger partial charge on any atom is 0.405 e. The number of fused-ring (bicyclic) bond motifs is 1. The lowest BCUT2D eigenvalue weighted by Gasteiger charge is -2.32. The van der Waals surface area contributed by atoms with Crippen molar-refractivity contribution < 1.29 is 23.4 Å². The molecule has 0 saturated heterocycles. The number of para-hydroxylation sites is 3. The molecule has 1 aliphatic rings. The van der Waals surface area contributed by atoms with Crippen LogP contribution in [-0.2, 0) is 10.2 Å². The van der Waals surface area contributed by atoms with E-state index in [0.717, 1.165) is 0 Å². The molecule has 0 bridgehead atoms. The van der Waals surface area contributed by atoms with Crippen LogP contribution in [-0.4, -0.2) is 49.1 Å². The average molecular weight is 449 g/mol. The van der Waals surface area contributed by atoms with Gasteiger partial charge in [-0.25, -0.2) is 9.10 Å². The van der Waals surface area contributed by atoms with E-state index in [2.05, 4.69) is 10.6 Å². The van der Waals surface area contributed by atoms with Crippen LogP contribution in [0.5, 0.6) is 0 Å². The predicted molar refractivity (Wildman–Crippen MR) is 120 cm³/mol. The van der Waals surface area contributed by atoms with E-state index in [1.165, 1.54) is 8.61 Å². The van der Waals surface area contributed by atoms with Gasteiger partial charge in [-0.1, -0.05) is 30.3 Å². The molecular weight excluding hydrogens is 420 g/mol. The van der Waals surface area contributed by atoms with Gasteiger partial charge < -0.3 is 15.5 Å². The molecule has 31 heavy (non-hydrogen) atoms. The normalized spacial score (nSPS) is 17.2. The first kappa shape index (κ1) is 22.9. The van der Waals surface area contributed by atoms with Gasteiger partial charge in [-0.3, -0.25) is 9.62 Å². The molecule has 1 heterocycles. The Morgan fingerprint density at radius 1 is 1.03 bits per heavy atom. The summed E-state index contributed by atoms with van der Waals surface area (Å²) in [5, 5.41) is 25.0. The molecule has 2 unspecified atom stereocenters. The van der Waals surface area contributed by atoms with E-state index in [0.29, 0.717) is 17.1 Å². The number of amides is 1. The molecule has 2 atom stereocenters. The number of hydrogen-bond donors (Lipinski definition) is 4. The van der Waals surface area contributed by atoms with E-state index >= 15 is 0 Å². The smallest absolute Gasteiger partial charge is 0.405 e. The number of carboxylic acid groups (broad SMARTS) is 1. The van der Waals surface area contributed by atoms with Crippen LogP contribution in [0.25, 0.3) is 0 Å². The van der Waals surface area contributed by atoms with Crippen LogP contribution in [0.15, 0.2) is 54.6 Å². The Bertz CT molecular complexity index is 1020. The van der Waals surface area contributed by atoms with Crippen LogP contribution in [0, 0.1) is 0 Å². The Hall–Kier alpha value is -2.82. The van der Waals surface area contributed by atoms with Crippen LogP contribution in [0.1, 0.15) is 27.2 Å². The fourth-order valence-electron chi connectivity index (χ4n) is 3.51. The van der Waals surface area contributed by atoms with Gasteiger partial charge in [-0.2, -0.15) is 8.42 Å². The zero-order valence-electron chi connectivity index (χ0n) is 17.7. The molecule has 9 nitrogen and oxygen atoms in total. The number of carbonyl (C=O) groups is 1. The summed E-state index contributed by atoms with van der Waals surface area (Å²) in [5.74, 6) is 0. The lowest BCUT2D eigenvalue weighted by atomic mass is 10.1. The van der Waals surface area contributed by atoms with Crippen molar-refractivity contribution in [2.45, 2.75) is 45.0 Å². The van der Waals surface area contributed by atoms with Gasteiger partial charge in [0.2, 0.25) is 0 Å². The molecule has 1 aliphatic heterocycles. The number of nitrogens with one attached hydrogen (secondary N) is 2. The molecule has 0 fully saturated rings. The van der Waals surface area contributed by atoms with Gasteiger partial charge in [-0.05, 0) is 51.5 Å². The fraction of sp³-hybridized carbons (Fsp3) is 0.381. The molecule has 10 heteroatoms. The second-order valence-electron chi connectivity index (χ2n) is 8.35. The lowest BCUT2D eigenvalue weighted by Crippen LogP contribution is -2.58. The van der Waals surface area contributed by atoms with Crippen molar-refractivity contribution >= 4 is 33.4 Å². The summed E-state index contributed by atoms with van der Waals surface area (Å²) >= 11 is 0. The molecule has 3 rings (SSSR count). The summed E-state index contributed by atoms with van der Waals surface area (Å²) in [7, 11) is -3.92. The molecule has 0 aliphatic carbocycles. The summed E-state index contributed by atoms with van der Waals surface area (Å²) in [6.45, 7) is 5.51. The highest BCUT2D eigenvalue weighted by Gasteiger charge is 2.41. The van der Waals surface area contributed by atoms with Gasteiger partial charge in [-0.15, -0.1) is 0 Å². The van der Waals surface area contributed by atoms with Gasteiger partial charge in [0.25, 0.3) is 0 Å². The minimum atomic E-state index is -3.92. The Labute approximate surface area is 182 Å². The number of benzene rings is 2. The fourth-order valence-corrected chi connectivity index (χ4v) is 5.24. The number of anilines is 3. The van der Waals surface area contributed by atoms with Crippen molar-refractivity contribution in [1.29, 1.82) is 0 Å². The Morgan fingerprint density at radius 2 is 1.61 bits per heavy atom. The monoisotopic (exact) mass is 448 g/mol. The molecule has 2 aromatic carbocycles. The number of aliphatic hydroxyl groups excluding tert-OH is 1. The van der Waals surface area contributed by atoms with Crippen LogP contribution >= 0.6 is 0 Å². The molecule has 168 valence electrons. The predicted octanol–water partition coefficient (Wildman–Crippen LogP) is 2.62. The van der Waals surface area contributed by atoms with Crippen LogP contribution < -0.4 is 19.2 Å². The topological polar surface area (TPSA) is 122 Å². The number of hydrogen-bond acceptors (Lipinski definition) is 5. The third-order valence-corrected chi connectivity index (χ3v) is 6.55. The number of rotatable bonds is 7. The van der Waals surface area contributed by atoms with E-state index in [1.807, 2.05) is 26.8 Å². The largest absolute Gasteiger partial charge is 0.465 e. The van der Waals surface area contributed by atoms with E-state index in [9.17, 15) is 18.3 Å². The molecular formula is C21H28N4O5S. The van der Waals surface area contributed by atoms with E-state index < -0.39 is 34.1 Å². The van der Waals surface area contributed by atoms with Crippen LogP contribution in [0.4, 0.5) is 21.9 Å². The molecule has 0 spiro atoms. The Balaban J connectivity index is 1.85. The first-order chi connectivity index (χ1) is 14.5. The summed E-state index contributed by atoms with van der Waals surface area (Å²) in [6, 6.07) is 15.7. The van der Waals surface area contributed by atoms with Crippen molar-refractivity contribution in [3.8, 4) is 0 Å².